The van der Waals surface area contributed by atoms with Crippen LogP contribution in [0.2, 0.25) is 0 Å². The van der Waals surface area contributed by atoms with Gasteiger partial charge in [-0.05, 0) is 29.9 Å². The summed E-state index contributed by atoms with van der Waals surface area (Å²) >= 11 is 0. The summed E-state index contributed by atoms with van der Waals surface area (Å²) in [6.45, 7) is 4.87. The van der Waals surface area contributed by atoms with E-state index >= 15 is 0 Å². The number of hydrogen-bond donors (Lipinski definition) is 0. The van der Waals surface area contributed by atoms with Crippen molar-refractivity contribution in [2.45, 2.75) is 25.7 Å². The Balaban J connectivity index is 2.22. The number of anilines is 1. The van der Waals surface area contributed by atoms with Gasteiger partial charge in [-0.3, -0.25) is 0 Å². The summed E-state index contributed by atoms with van der Waals surface area (Å²) < 4.78 is 0. The van der Waals surface area contributed by atoms with E-state index in [2.05, 4.69) is 30.0 Å². The average molecular weight is 173 g/mol. The first-order chi connectivity index (χ1) is 6.36. The van der Waals surface area contributed by atoms with Crippen LogP contribution in [0.5, 0.6) is 0 Å². The largest absolute Gasteiger partial charge is 0.371 e. The lowest BCUT2D eigenvalue weighted by atomic mass is 9.91. The predicted molar refractivity (Wildman–Crippen MR) is 55.4 cm³/mol. The van der Waals surface area contributed by atoms with Crippen LogP contribution >= 0.6 is 0 Å². The van der Waals surface area contributed by atoms with Crippen LogP contribution in [0.25, 0.3) is 0 Å². The zero-order valence-electron chi connectivity index (χ0n) is 8.09. The lowest BCUT2D eigenvalue weighted by Gasteiger charge is -2.31. The van der Waals surface area contributed by atoms with Crippen molar-refractivity contribution in [3.8, 4) is 0 Å². The maximum absolute atomic E-state index is 2.56. The quantitative estimate of drug-likeness (QED) is 0.583. The van der Waals surface area contributed by atoms with Crippen LogP contribution < -0.4 is 4.90 Å². The van der Waals surface area contributed by atoms with Gasteiger partial charge in [0, 0.05) is 18.8 Å². The Morgan fingerprint density at radius 3 is 3.15 bits per heavy atom. The van der Waals surface area contributed by atoms with Crippen molar-refractivity contribution in [3.05, 3.63) is 29.3 Å². The Kier molecular flexibility index (Phi) is 1.43. The normalized spacial score (nSPS) is 24.7. The molecule has 1 unspecified atom stereocenters. The Labute approximate surface area is 79.4 Å². The van der Waals surface area contributed by atoms with Crippen molar-refractivity contribution < 1.29 is 0 Å². The number of para-hydroxylation sites is 1. The molecular weight excluding hydrogens is 158 g/mol. The Morgan fingerprint density at radius 2 is 2.23 bits per heavy atom. The summed E-state index contributed by atoms with van der Waals surface area (Å²) in [5, 5.41) is 0. The van der Waals surface area contributed by atoms with Gasteiger partial charge in [0.15, 0.2) is 0 Å². The molecule has 0 amide bonds. The molecule has 68 valence electrons. The first-order valence-corrected chi connectivity index (χ1v) is 5.23. The van der Waals surface area contributed by atoms with Crippen molar-refractivity contribution in [2.75, 3.05) is 18.0 Å². The highest BCUT2D eigenvalue weighted by atomic mass is 15.2. The number of hydrogen-bond acceptors (Lipinski definition) is 1. The van der Waals surface area contributed by atoms with E-state index in [4.69, 9.17) is 0 Å². The van der Waals surface area contributed by atoms with Crippen LogP contribution in [0, 0.1) is 0 Å². The third kappa shape index (κ3) is 0.932. The molecule has 1 atom stereocenters. The molecule has 0 bridgehead atoms. The Hall–Kier alpha value is -0.980. The van der Waals surface area contributed by atoms with Gasteiger partial charge in [-0.15, -0.1) is 0 Å². The molecule has 13 heavy (non-hydrogen) atoms. The fraction of sp³-hybridized carbons (Fsp3) is 0.500. The van der Waals surface area contributed by atoms with Crippen LogP contribution in [0.15, 0.2) is 18.2 Å². The third-order valence-electron chi connectivity index (χ3n) is 3.48. The summed E-state index contributed by atoms with van der Waals surface area (Å²) in [5.74, 6) is 0.768. The molecular formula is C12H15N. The molecule has 0 radical (unpaired) electrons. The summed E-state index contributed by atoms with van der Waals surface area (Å²) in [6, 6.07) is 6.82. The average Bonchev–Trinajstić information content (AvgIpc) is 2.57. The first-order valence-electron chi connectivity index (χ1n) is 5.23. The van der Waals surface area contributed by atoms with Crippen LogP contribution in [-0.2, 0) is 6.42 Å². The Morgan fingerprint density at radius 1 is 1.31 bits per heavy atom. The van der Waals surface area contributed by atoms with Crippen molar-refractivity contribution in [3.63, 3.8) is 0 Å². The molecule has 2 heterocycles. The zero-order valence-corrected chi connectivity index (χ0v) is 8.09. The fourth-order valence-electron chi connectivity index (χ4n) is 2.69. The molecule has 0 aliphatic carbocycles. The van der Waals surface area contributed by atoms with Crippen LogP contribution in [-0.4, -0.2) is 13.1 Å². The third-order valence-corrected chi connectivity index (χ3v) is 3.48. The van der Waals surface area contributed by atoms with Gasteiger partial charge in [-0.1, -0.05) is 25.1 Å². The molecule has 0 spiro atoms. The van der Waals surface area contributed by atoms with E-state index in [0.29, 0.717) is 0 Å². The summed E-state index contributed by atoms with van der Waals surface area (Å²) in [4.78, 5) is 2.56. The molecule has 1 aromatic rings. The van der Waals surface area contributed by atoms with Crippen molar-refractivity contribution in [2.24, 2.45) is 0 Å². The fourth-order valence-corrected chi connectivity index (χ4v) is 2.69. The number of rotatable bonds is 0. The number of nitrogens with zero attached hydrogens (tertiary/aromatic N) is 1. The monoisotopic (exact) mass is 173 g/mol. The van der Waals surface area contributed by atoms with Gasteiger partial charge >= 0.3 is 0 Å². The van der Waals surface area contributed by atoms with Crippen molar-refractivity contribution in [1.82, 2.24) is 0 Å². The van der Waals surface area contributed by atoms with E-state index in [1.807, 2.05) is 0 Å². The maximum atomic E-state index is 2.56. The number of benzene rings is 1. The van der Waals surface area contributed by atoms with Gasteiger partial charge in [-0.2, -0.15) is 0 Å². The molecule has 0 N–H and O–H groups in total. The second kappa shape index (κ2) is 2.50. The molecule has 1 aromatic carbocycles. The van der Waals surface area contributed by atoms with Crippen molar-refractivity contribution in [1.29, 1.82) is 0 Å². The first kappa shape index (κ1) is 7.43. The molecule has 2 aliphatic rings. The summed E-state index contributed by atoms with van der Waals surface area (Å²) in [7, 11) is 0. The molecule has 0 saturated carbocycles. The standard InChI is InChI=1S/C12H15N/c1-9-5-7-13-8-6-10-3-2-4-11(9)12(10)13/h2-4,9H,5-8H2,1H3. The van der Waals surface area contributed by atoms with Gasteiger partial charge in [0.05, 0.1) is 0 Å². The van der Waals surface area contributed by atoms with Crippen molar-refractivity contribution >= 4 is 5.69 Å². The van der Waals surface area contributed by atoms with Gasteiger partial charge < -0.3 is 4.90 Å². The molecule has 0 fully saturated rings. The molecule has 1 heteroatoms. The summed E-state index contributed by atoms with van der Waals surface area (Å²) in [5.41, 5.74) is 4.73. The highest BCUT2D eigenvalue weighted by molar-refractivity contribution is 5.65. The SMILES string of the molecule is CC1CCN2CCc3cccc1c32. The van der Waals surface area contributed by atoms with Crippen LogP contribution in [0.4, 0.5) is 5.69 Å². The van der Waals surface area contributed by atoms with E-state index in [9.17, 15) is 0 Å². The highest BCUT2D eigenvalue weighted by Crippen LogP contribution is 2.40. The van der Waals surface area contributed by atoms with Gasteiger partial charge in [-0.25, -0.2) is 0 Å². The van der Waals surface area contributed by atoms with Crippen LogP contribution in [0.3, 0.4) is 0 Å². The molecule has 2 aliphatic heterocycles. The van der Waals surface area contributed by atoms with Gasteiger partial charge in [0.1, 0.15) is 0 Å². The second-order valence-electron chi connectivity index (χ2n) is 4.28. The second-order valence-corrected chi connectivity index (χ2v) is 4.28. The smallest absolute Gasteiger partial charge is 0.0434 e. The minimum Gasteiger partial charge on any atom is -0.371 e. The minimum atomic E-state index is 0.768. The molecule has 0 saturated heterocycles. The highest BCUT2D eigenvalue weighted by Gasteiger charge is 2.27. The molecule has 1 nitrogen and oxygen atoms in total. The van der Waals surface area contributed by atoms with E-state index < -0.39 is 0 Å². The zero-order chi connectivity index (χ0) is 8.84. The lowest BCUT2D eigenvalue weighted by Crippen LogP contribution is -2.27. The minimum absolute atomic E-state index is 0.768. The Bertz CT molecular complexity index is 343. The summed E-state index contributed by atoms with van der Waals surface area (Å²) in [6.07, 6.45) is 2.59. The lowest BCUT2D eigenvalue weighted by molar-refractivity contribution is 0.627. The maximum Gasteiger partial charge on any atom is 0.0434 e. The van der Waals surface area contributed by atoms with E-state index in [1.54, 1.807) is 16.8 Å². The topological polar surface area (TPSA) is 3.24 Å². The van der Waals surface area contributed by atoms with Gasteiger partial charge in [0.25, 0.3) is 0 Å². The molecule has 3 rings (SSSR count). The van der Waals surface area contributed by atoms with E-state index in [-0.39, 0.29) is 0 Å². The van der Waals surface area contributed by atoms with Crippen LogP contribution in [0.1, 0.15) is 30.4 Å². The predicted octanol–water partition coefficient (Wildman–Crippen LogP) is 2.56. The van der Waals surface area contributed by atoms with E-state index in [0.717, 1.165) is 5.92 Å². The van der Waals surface area contributed by atoms with Gasteiger partial charge in [0.2, 0.25) is 0 Å². The molecule has 0 aromatic heterocycles. The van der Waals surface area contributed by atoms with E-state index in [1.165, 1.54) is 25.9 Å².